The number of hydrogen-bond donors (Lipinski definition) is 1. The number of hydrogen-bond acceptors (Lipinski definition) is 3. The fourth-order valence-corrected chi connectivity index (χ4v) is 2.92. The maximum atomic E-state index is 12.7. The van der Waals surface area contributed by atoms with Crippen molar-refractivity contribution >= 4 is 11.6 Å². The zero-order valence-corrected chi connectivity index (χ0v) is 12.7. The number of anilines is 1. The van der Waals surface area contributed by atoms with Crippen molar-refractivity contribution in [1.82, 2.24) is 9.80 Å². The Kier molecular flexibility index (Phi) is 4.65. The van der Waals surface area contributed by atoms with Gasteiger partial charge in [-0.15, -0.1) is 0 Å². The van der Waals surface area contributed by atoms with Crippen LogP contribution in [0.2, 0.25) is 0 Å². The van der Waals surface area contributed by atoms with E-state index in [4.69, 9.17) is 5.73 Å². The number of likely N-dealkylation sites (N-methyl/N-ethyl adjacent to an activating group) is 1. The van der Waals surface area contributed by atoms with Gasteiger partial charge in [-0.25, -0.2) is 0 Å². The average molecular weight is 275 g/mol. The summed E-state index contributed by atoms with van der Waals surface area (Å²) in [7, 11) is 2.12. The van der Waals surface area contributed by atoms with Gasteiger partial charge >= 0.3 is 0 Å². The van der Waals surface area contributed by atoms with Crippen LogP contribution in [0.1, 0.15) is 31.7 Å². The first-order valence-electron chi connectivity index (χ1n) is 7.33. The van der Waals surface area contributed by atoms with Crippen LogP contribution in [0.4, 0.5) is 5.69 Å². The Morgan fingerprint density at radius 2 is 2.15 bits per heavy atom. The zero-order chi connectivity index (χ0) is 14.7. The van der Waals surface area contributed by atoms with E-state index in [0.29, 0.717) is 5.69 Å². The van der Waals surface area contributed by atoms with Crippen molar-refractivity contribution in [3.8, 4) is 0 Å². The summed E-state index contributed by atoms with van der Waals surface area (Å²) in [6.45, 7) is 6.94. The van der Waals surface area contributed by atoms with Crippen LogP contribution in [0, 0.1) is 0 Å². The summed E-state index contributed by atoms with van der Waals surface area (Å²) < 4.78 is 0. The number of nitrogens with two attached hydrogens (primary N) is 1. The van der Waals surface area contributed by atoms with Gasteiger partial charge in [0.05, 0.1) is 5.92 Å². The average Bonchev–Trinajstić information content (AvgIpc) is 2.57. The van der Waals surface area contributed by atoms with E-state index in [1.54, 1.807) is 0 Å². The summed E-state index contributed by atoms with van der Waals surface area (Å²) >= 11 is 0. The molecule has 1 aliphatic rings. The highest BCUT2D eigenvalue weighted by molar-refractivity contribution is 5.84. The Hall–Kier alpha value is -1.55. The van der Waals surface area contributed by atoms with Crippen LogP contribution in [0.5, 0.6) is 0 Å². The van der Waals surface area contributed by atoms with E-state index in [2.05, 4.69) is 18.9 Å². The van der Waals surface area contributed by atoms with Crippen molar-refractivity contribution in [3.05, 3.63) is 29.8 Å². The van der Waals surface area contributed by atoms with E-state index in [-0.39, 0.29) is 17.9 Å². The Morgan fingerprint density at radius 3 is 2.85 bits per heavy atom. The van der Waals surface area contributed by atoms with Gasteiger partial charge in [-0.2, -0.15) is 0 Å². The summed E-state index contributed by atoms with van der Waals surface area (Å²) in [4.78, 5) is 17.1. The van der Waals surface area contributed by atoms with Crippen LogP contribution in [0.3, 0.4) is 0 Å². The molecule has 1 heterocycles. The number of nitrogens with zero attached hydrogens (tertiary/aromatic N) is 2. The fourth-order valence-electron chi connectivity index (χ4n) is 2.92. The Morgan fingerprint density at radius 1 is 1.40 bits per heavy atom. The van der Waals surface area contributed by atoms with Gasteiger partial charge in [-0.3, -0.25) is 4.79 Å². The molecule has 4 heteroatoms. The van der Waals surface area contributed by atoms with Crippen molar-refractivity contribution in [2.24, 2.45) is 0 Å². The molecule has 0 radical (unpaired) electrons. The zero-order valence-electron chi connectivity index (χ0n) is 12.7. The first-order valence-corrected chi connectivity index (χ1v) is 7.33. The lowest BCUT2D eigenvalue weighted by molar-refractivity contribution is -0.134. The molecule has 0 spiro atoms. The van der Waals surface area contributed by atoms with E-state index in [1.165, 1.54) is 0 Å². The molecule has 1 saturated heterocycles. The molecular weight excluding hydrogens is 250 g/mol. The minimum absolute atomic E-state index is 0.135. The number of carbonyl (C=O) groups excluding carboxylic acids is 1. The van der Waals surface area contributed by atoms with Gasteiger partial charge in [0, 0.05) is 24.8 Å². The third kappa shape index (κ3) is 3.31. The lowest BCUT2D eigenvalue weighted by Gasteiger charge is -2.30. The van der Waals surface area contributed by atoms with Crippen LogP contribution >= 0.6 is 0 Å². The van der Waals surface area contributed by atoms with Gasteiger partial charge in [0.15, 0.2) is 0 Å². The van der Waals surface area contributed by atoms with Gasteiger partial charge in [0.25, 0.3) is 0 Å². The van der Waals surface area contributed by atoms with Gasteiger partial charge < -0.3 is 15.5 Å². The van der Waals surface area contributed by atoms with Crippen LogP contribution in [-0.2, 0) is 4.79 Å². The number of benzene rings is 1. The Labute approximate surface area is 121 Å². The smallest absolute Gasteiger partial charge is 0.230 e. The van der Waals surface area contributed by atoms with E-state index in [9.17, 15) is 4.79 Å². The molecule has 1 fully saturated rings. The van der Waals surface area contributed by atoms with E-state index in [1.807, 2.05) is 36.1 Å². The third-order valence-corrected chi connectivity index (χ3v) is 4.11. The molecule has 1 amide bonds. The van der Waals surface area contributed by atoms with Crippen LogP contribution < -0.4 is 5.73 Å². The molecule has 0 saturated carbocycles. The standard InChI is InChI=1S/C16H25N3O/c1-12-11-18(3)8-5-9-19(12)16(20)13(2)14-6-4-7-15(17)10-14/h4,6-7,10,12-13H,5,8-9,11,17H2,1-3H3. The van der Waals surface area contributed by atoms with Gasteiger partial charge in [-0.05, 0) is 51.6 Å². The van der Waals surface area contributed by atoms with Gasteiger partial charge in [0.2, 0.25) is 5.91 Å². The highest BCUT2D eigenvalue weighted by atomic mass is 16.2. The molecule has 1 aliphatic heterocycles. The number of rotatable bonds is 2. The second kappa shape index (κ2) is 6.27. The molecule has 4 nitrogen and oxygen atoms in total. The van der Waals surface area contributed by atoms with Crippen LogP contribution in [0.25, 0.3) is 0 Å². The summed E-state index contributed by atoms with van der Waals surface area (Å²) in [6, 6.07) is 7.90. The number of nitrogen functional groups attached to an aromatic ring is 1. The molecule has 2 N–H and O–H groups in total. The molecule has 0 bridgehead atoms. The number of amides is 1. The van der Waals surface area contributed by atoms with Crippen molar-refractivity contribution in [2.45, 2.75) is 32.2 Å². The quantitative estimate of drug-likeness (QED) is 0.839. The predicted molar refractivity (Wildman–Crippen MR) is 82.6 cm³/mol. The van der Waals surface area contributed by atoms with Gasteiger partial charge in [0.1, 0.15) is 0 Å². The molecule has 0 aliphatic carbocycles. The van der Waals surface area contributed by atoms with Crippen molar-refractivity contribution in [3.63, 3.8) is 0 Å². The highest BCUT2D eigenvalue weighted by Gasteiger charge is 2.28. The normalized spacial score (nSPS) is 22.4. The fraction of sp³-hybridized carbons (Fsp3) is 0.562. The summed E-state index contributed by atoms with van der Waals surface area (Å²) in [5, 5.41) is 0. The van der Waals surface area contributed by atoms with Gasteiger partial charge in [-0.1, -0.05) is 12.1 Å². The summed E-state index contributed by atoms with van der Waals surface area (Å²) in [5.41, 5.74) is 7.53. The maximum Gasteiger partial charge on any atom is 0.230 e. The molecule has 1 aromatic carbocycles. The Balaban J connectivity index is 2.13. The van der Waals surface area contributed by atoms with Crippen LogP contribution in [0.15, 0.2) is 24.3 Å². The number of carbonyl (C=O) groups is 1. The molecule has 1 aromatic rings. The summed E-state index contributed by atoms with van der Waals surface area (Å²) in [5.74, 6) is 0.0720. The molecular formula is C16H25N3O. The lowest BCUT2D eigenvalue weighted by Crippen LogP contribution is -2.43. The van der Waals surface area contributed by atoms with E-state index < -0.39 is 0 Å². The van der Waals surface area contributed by atoms with Crippen LogP contribution in [-0.4, -0.2) is 48.4 Å². The molecule has 2 atom stereocenters. The second-order valence-electron chi connectivity index (χ2n) is 5.89. The summed E-state index contributed by atoms with van der Waals surface area (Å²) in [6.07, 6.45) is 1.04. The predicted octanol–water partition coefficient (Wildman–Crippen LogP) is 1.92. The topological polar surface area (TPSA) is 49.6 Å². The largest absolute Gasteiger partial charge is 0.399 e. The molecule has 20 heavy (non-hydrogen) atoms. The monoisotopic (exact) mass is 275 g/mol. The second-order valence-corrected chi connectivity index (χ2v) is 5.89. The minimum Gasteiger partial charge on any atom is -0.399 e. The lowest BCUT2D eigenvalue weighted by atomic mass is 9.98. The van der Waals surface area contributed by atoms with Crippen molar-refractivity contribution in [1.29, 1.82) is 0 Å². The van der Waals surface area contributed by atoms with E-state index >= 15 is 0 Å². The maximum absolute atomic E-state index is 12.7. The highest BCUT2D eigenvalue weighted by Crippen LogP contribution is 2.22. The SMILES string of the molecule is CC(C(=O)N1CCCN(C)CC1C)c1cccc(N)c1. The van der Waals surface area contributed by atoms with E-state index in [0.717, 1.165) is 31.6 Å². The van der Waals surface area contributed by atoms with Crippen molar-refractivity contribution in [2.75, 3.05) is 32.4 Å². The minimum atomic E-state index is -0.135. The molecule has 2 unspecified atom stereocenters. The first-order chi connectivity index (χ1) is 9.49. The molecule has 110 valence electrons. The molecule has 0 aromatic heterocycles. The third-order valence-electron chi connectivity index (χ3n) is 4.11. The Bertz CT molecular complexity index is 475. The first kappa shape index (κ1) is 14.9. The van der Waals surface area contributed by atoms with Crippen molar-refractivity contribution < 1.29 is 4.79 Å². The molecule has 2 rings (SSSR count).